The van der Waals surface area contributed by atoms with Gasteiger partial charge in [0.05, 0.1) is 11.3 Å². The van der Waals surface area contributed by atoms with Gasteiger partial charge in [-0.25, -0.2) is 0 Å². The topological polar surface area (TPSA) is 43.9 Å². The number of aryl methyl sites for hydroxylation is 1. The van der Waals surface area contributed by atoms with Crippen LogP contribution < -0.4 is 4.90 Å². The highest BCUT2D eigenvalue weighted by Gasteiger charge is 2.35. The lowest BCUT2D eigenvalue weighted by Gasteiger charge is -2.35. The summed E-state index contributed by atoms with van der Waals surface area (Å²) in [5.74, 6) is -0.746. The lowest BCUT2D eigenvalue weighted by Crippen LogP contribution is -2.48. The number of hydrogen-bond donors (Lipinski definition) is 0. The zero-order chi connectivity index (χ0) is 19.5. The molecule has 1 amide bonds. The number of fused-ring (bicyclic) bond motifs is 1. The molecule has 4 rings (SSSR count). The van der Waals surface area contributed by atoms with Crippen LogP contribution in [0, 0.1) is 0 Å². The third-order valence-corrected chi connectivity index (χ3v) is 5.80. The van der Waals surface area contributed by atoms with E-state index in [1.54, 1.807) is 4.90 Å². The summed E-state index contributed by atoms with van der Waals surface area (Å²) in [6.07, 6.45) is 0.863. The summed E-state index contributed by atoms with van der Waals surface area (Å²) in [4.78, 5) is 31.3. The van der Waals surface area contributed by atoms with Gasteiger partial charge in [0.15, 0.2) is 0 Å². The van der Waals surface area contributed by atoms with Crippen LogP contribution in [0.4, 0.5) is 5.69 Å². The molecule has 1 fully saturated rings. The summed E-state index contributed by atoms with van der Waals surface area (Å²) in [6, 6.07) is 16.4. The van der Waals surface area contributed by atoms with Gasteiger partial charge in [-0.15, -0.1) is 0 Å². The van der Waals surface area contributed by atoms with Crippen molar-refractivity contribution in [3.8, 4) is 0 Å². The number of rotatable bonds is 6. The summed E-state index contributed by atoms with van der Waals surface area (Å²) in [5, 5.41) is 0. The molecule has 5 heteroatoms. The van der Waals surface area contributed by atoms with E-state index in [0.717, 1.165) is 56.9 Å². The number of amides is 1. The molecule has 0 bridgehead atoms. The molecule has 2 heterocycles. The maximum absolute atomic E-state index is 12.4. The first-order valence-electron chi connectivity index (χ1n) is 10.1. The second-order valence-corrected chi connectivity index (χ2v) is 7.59. The van der Waals surface area contributed by atoms with Gasteiger partial charge in [-0.2, -0.15) is 0 Å². The largest absolute Gasteiger partial charge is 0.303 e. The van der Waals surface area contributed by atoms with Gasteiger partial charge in [0.2, 0.25) is 0 Å². The van der Waals surface area contributed by atoms with Crippen LogP contribution in [0.3, 0.4) is 0 Å². The highest BCUT2D eigenvalue weighted by molar-refractivity contribution is 6.52. The van der Waals surface area contributed by atoms with Crippen LogP contribution >= 0.6 is 0 Å². The van der Waals surface area contributed by atoms with E-state index >= 15 is 0 Å². The SMILES string of the molecule is CCc1ccc2c(c1)C(=O)C(=O)N2CCN1CCN(Cc2ccccc2)CC1. The van der Waals surface area contributed by atoms with Gasteiger partial charge in [-0.1, -0.05) is 43.3 Å². The second-order valence-electron chi connectivity index (χ2n) is 7.59. The first kappa shape index (κ1) is 18.8. The minimum absolute atomic E-state index is 0.363. The van der Waals surface area contributed by atoms with Crippen molar-refractivity contribution >= 4 is 17.4 Å². The molecular weight excluding hydrogens is 350 g/mol. The van der Waals surface area contributed by atoms with Gasteiger partial charge in [-0.05, 0) is 29.7 Å². The van der Waals surface area contributed by atoms with Gasteiger partial charge in [-0.3, -0.25) is 19.4 Å². The molecule has 2 aliphatic rings. The predicted molar refractivity (Wildman–Crippen MR) is 111 cm³/mol. The van der Waals surface area contributed by atoms with E-state index in [2.05, 4.69) is 41.0 Å². The molecule has 5 nitrogen and oxygen atoms in total. The van der Waals surface area contributed by atoms with E-state index in [-0.39, 0.29) is 11.7 Å². The van der Waals surface area contributed by atoms with E-state index in [9.17, 15) is 9.59 Å². The number of hydrogen-bond acceptors (Lipinski definition) is 4. The quantitative estimate of drug-likeness (QED) is 0.726. The average molecular weight is 377 g/mol. The van der Waals surface area contributed by atoms with Gasteiger partial charge < -0.3 is 4.90 Å². The normalized spacial score (nSPS) is 18.0. The molecule has 28 heavy (non-hydrogen) atoms. The third-order valence-electron chi connectivity index (χ3n) is 5.80. The van der Waals surface area contributed by atoms with Crippen molar-refractivity contribution in [2.75, 3.05) is 44.2 Å². The van der Waals surface area contributed by atoms with Crippen molar-refractivity contribution < 1.29 is 9.59 Å². The van der Waals surface area contributed by atoms with Crippen LogP contribution in [0.5, 0.6) is 0 Å². The van der Waals surface area contributed by atoms with Crippen LogP contribution in [0.15, 0.2) is 48.5 Å². The molecule has 2 aromatic rings. The fraction of sp³-hybridized carbons (Fsp3) is 0.391. The van der Waals surface area contributed by atoms with Crippen molar-refractivity contribution in [3.05, 3.63) is 65.2 Å². The van der Waals surface area contributed by atoms with Crippen molar-refractivity contribution in [1.82, 2.24) is 9.80 Å². The summed E-state index contributed by atoms with van der Waals surface area (Å²) < 4.78 is 0. The Morgan fingerprint density at radius 1 is 0.821 bits per heavy atom. The third kappa shape index (κ3) is 3.86. The van der Waals surface area contributed by atoms with E-state index < -0.39 is 0 Å². The number of anilines is 1. The molecule has 0 N–H and O–H groups in total. The van der Waals surface area contributed by atoms with Crippen LogP contribution in [0.2, 0.25) is 0 Å². The number of ketones is 1. The Bertz CT molecular complexity index is 857. The second kappa shape index (κ2) is 8.25. The van der Waals surface area contributed by atoms with Gasteiger partial charge in [0.25, 0.3) is 11.7 Å². The molecule has 0 spiro atoms. The number of carbonyl (C=O) groups excluding carboxylic acids is 2. The standard InChI is InChI=1S/C23H27N3O2/c1-2-18-8-9-21-20(16-18)22(27)23(28)26(21)15-14-24-10-12-25(13-11-24)17-19-6-4-3-5-7-19/h3-9,16H,2,10-15,17H2,1H3. The smallest absolute Gasteiger partial charge is 0.299 e. The molecule has 146 valence electrons. The van der Waals surface area contributed by atoms with E-state index in [0.29, 0.717) is 12.1 Å². The Morgan fingerprint density at radius 2 is 1.54 bits per heavy atom. The number of carbonyl (C=O) groups is 2. The summed E-state index contributed by atoms with van der Waals surface area (Å²) >= 11 is 0. The Kier molecular flexibility index (Phi) is 5.55. The molecule has 0 radical (unpaired) electrons. The van der Waals surface area contributed by atoms with Gasteiger partial charge in [0, 0.05) is 45.8 Å². The molecule has 0 aromatic heterocycles. The molecule has 2 aromatic carbocycles. The summed E-state index contributed by atoms with van der Waals surface area (Å²) in [6.45, 7) is 8.44. The minimum atomic E-state index is -0.383. The van der Waals surface area contributed by atoms with Crippen LogP contribution in [0.1, 0.15) is 28.4 Å². The number of piperazine rings is 1. The van der Waals surface area contributed by atoms with Crippen molar-refractivity contribution in [2.45, 2.75) is 19.9 Å². The molecule has 2 aliphatic heterocycles. The zero-order valence-electron chi connectivity index (χ0n) is 16.4. The van der Waals surface area contributed by atoms with Gasteiger partial charge in [0.1, 0.15) is 0 Å². The number of nitrogens with zero attached hydrogens (tertiary/aromatic N) is 3. The maximum Gasteiger partial charge on any atom is 0.299 e. The van der Waals surface area contributed by atoms with Crippen molar-refractivity contribution in [3.63, 3.8) is 0 Å². The number of benzene rings is 2. The molecule has 0 aliphatic carbocycles. The summed E-state index contributed by atoms with van der Waals surface area (Å²) in [7, 11) is 0. The van der Waals surface area contributed by atoms with E-state index in [1.807, 2.05) is 24.3 Å². The fourth-order valence-corrected chi connectivity index (χ4v) is 4.04. The minimum Gasteiger partial charge on any atom is -0.303 e. The van der Waals surface area contributed by atoms with Crippen molar-refractivity contribution in [1.29, 1.82) is 0 Å². The van der Waals surface area contributed by atoms with Crippen LogP contribution in [-0.2, 0) is 17.8 Å². The maximum atomic E-state index is 12.4. The fourth-order valence-electron chi connectivity index (χ4n) is 4.04. The first-order valence-corrected chi connectivity index (χ1v) is 10.1. The first-order chi connectivity index (χ1) is 13.7. The monoisotopic (exact) mass is 377 g/mol. The molecule has 0 atom stereocenters. The number of Topliss-reactive ketones (excluding diaryl/α,β-unsaturated/α-hetero) is 1. The van der Waals surface area contributed by atoms with Gasteiger partial charge >= 0.3 is 0 Å². The Morgan fingerprint density at radius 3 is 2.25 bits per heavy atom. The zero-order valence-corrected chi connectivity index (χ0v) is 16.4. The van der Waals surface area contributed by atoms with E-state index in [4.69, 9.17) is 0 Å². The Hall–Kier alpha value is -2.50. The lowest BCUT2D eigenvalue weighted by atomic mass is 10.1. The van der Waals surface area contributed by atoms with E-state index in [1.165, 1.54) is 5.56 Å². The highest BCUT2D eigenvalue weighted by Crippen LogP contribution is 2.29. The highest BCUT2D eigenvalue weighted by atomic mass is 16.2. The molecular formula is C23H27N3O2. The average Bonchev–Trinajstić information content (AvgIpc) is 2.98. The summed E-state index contributed by atoms with van der Waals surface area (Å²) in [5.41, 5.74) is 3.78. The molecule has 0 saturated carbocycles. The predicted octanol–water partition coefficient (Wildman–Crippen LogP) is 2.60. The Labute approximate surface area is 166 Å². The van der Waals surface area contributed by atoms with Crippen LogP contribution in [0.25, 0.3) is 0 Å². The molecule has 1 saturated heterocycles. The molecule has 0 unspecified atom stereocenters. The Balaban J connectivity index is 1.31. The van der Waals surface area contributed by atoms with Crippen LogP contribution in [-0.4, -0.2) is 60.8 Å². The van der Waals surface area contributed by atoms with Crippen molar-refractivity contribution in [2.24, 2.45) is 0 Å². The lowest BCUT2D eigenvalue weighted by molar-refractivity contribution is -0.114.